The van der Waals surface area contributed by atoms with E-state index in [0.29, 0.717) is 12.4 Å². The molecule has 124 valence electrons. The fourth-order valence-electron chi connectivity index (χ4n) is 1.56. The number of ether oxygens (including phenoxy) is 2. The van der Waals surface area contributed by atoms with Crippen molar-refractivity contribution in [2.75, 3.05) is 19.8 Å². The van der Waals surface area contributed by atoms with Gasteiger partial charge in [-0.1, -0.05) is 0 Å². The van der Waals surface area contributed by atoms with Crippen molar-refractivity contribution in [3.63, 3.8) is 0 Å². The minimum atomic E-state index is -3.85. The van der Waals surface area contributed by atoms with Crippen LogP contribution in [0.1, 0.15) is 20.8 Å². The van der Waals surface area contributed by atoms with Crippen LogP contribution in [0.4, 0.5) is 0 Å². The van der Waals surface area contributed by atoms with Gasteiger partial charge in [-0.3, -0.25) is 0 Å². The van der Waals surface area contributed by atoms with Crippen LogP contribution in [0.2, 0.25) is 0 Å². The summed E-state index contributed by atoms with van der Waals surface area (Å²) in [6.07, 6.45) is 0. The van der Waals surface area contributed by atoms with Crippen LogP contribution in [-0.4, -0.2) is 44.9 Å². The number of carbonyl (C=O) groups is 1. The number of rotatable bonds is 8. The Morgan fingerprint density at radius 3 is 2.32 bits per heavy atom. The predicted molar refractivity (Wildman–Crippen MR) is 80.1 cm³/mol. The third-order valence-electron chi connectivity index (χ3n) is 2.77. The molecule has 1 rings (SSSR count). The molecule has 7 nitrogen and oxygen atoms in total. The van der Waals surface area contributed by atoms with Gasteiger partial charge in [-0.15, -0.1) is 0 Å². The SMILES string of the molecule is CCOC(=O)C(C)(O)CNS(=O)(=O)c1ccc(OCC)cc1. The number of hydrogen-bond acceptors (Lipinski definition) is 6. The minimum absolute atomic E-state index is 0.00983. The lowest BCUT2D eigenvalue weighted by molar-refractivity contribution is -0.162. The van der Waals surface area contributed by atoms with Gasteiger partial charge in [0.15, 0.2) is 5.60 Å². The monoisotopic (exact) mass is 331 g/mol. The van der Waals surface area contributed by atoms with Crippen molar-refractivity contribution in [1.82, 2.24) is 4.72 Å². The van der Waals surface area contributed by atoms with Gasteiger partial charge in [0.25, 0.3) is 0 Å². The quantitative estimate of drug-likeness (QED) is 0.679. The van der Waals surface area contributed by atoms with Gasteiger partial charge in [-0.25, -0.2) is 17.9 Å². The van der Waals surface area contributed by atoms with Crippen LogP contribution < -0.4 is 9.46 Å². The molecule has 1 aromatic carbocycles. The van der Waals surface area contributed by atoms with Crippen molar-refractivity contribution in [2.24, 2.45) is 0 Å². The van der Waals surface area contributed by atoms with Crippen LogP contribution in [0.3, 0.4) is 0 Å². The third kappa shape index (κ3) is 4.97. The lowest BCUT2D eigenvalue weighted by Gasteiger charge is -2.21. The molecule has 0 radical (unpaired) electrons. The number of hydrogen-bond donors (Lipinski definition) is 2. The first-order valence-corrected chi connectivity index (χ1v) is 8.33. The number of nitrogens with one attached hydrogen (secondary N) is 1. The molecule has 0 aliphatic rings. The van der Waals surface area contributed by atoms with Crippen molar-refractivity contribution in [2.45, 2.75) is 31.3 Å². The van der Waals surface area contributed by atoms with Crippen molar-refractivity contribution in [3.8, 4) is 5.75 Å². The van der Waals surface area contributed by atoms with Crippen LogP contribution in [0.25, 0.3) is 0 Å². The molecular weight excluding hydrogens is 310 g/mol. The molecule has 0 bridgehead atoms. The Bertz CT molecular complexity index is 594. The molecule has 0 aliphatic heterocycles. The van der Waals surface area contributed by atoms with Crippen molar-refractivity contribution in [3.05, 3.63) is 24.3 Å². The van der Waals surface area contributed by atoms with Gasteiger partial charge in [-0.05, 0) is 45.0 Å². The van der Waals surface area contributed by atoms with E-state index in [1.807, 2.05) is 6.92 Å². The standard InChI is InChI=1S/C14H21NO6S/c1-4-20-11-6-8-12(9-7-11)22(18,19)15-10-14(3,17)13(16)21-5-2/h6-9,15,17H,4-5,10H2,1-3H3. The zero-order chi connectivity index (χ0) is 16.8. The van der Waals surface area contributed by atoms with Crippen molar-refractivity contribution < 1.29 is 27.8 Å². The van der Waals surface area contributed by atoms with Gasteiger partial charge in [0.05, 0.1) is 24.7 Å². The Hall–Kier alpha value is -1.64. The molecule has 22 heavy (non-hydrogen) atoms. The first-order chi connectivity index (χ1) is 10.2. The fraction of sp³-hybridized carbons (Fsp3) is 0.500. The molecule has 0 aromatic heterocycles. The minimum Gasteiger partial charge on any atom is -0.494 e. The summed E-state index contributed by atoms with van der Waals surface area (Å²) in [4.78, 5) is 11.5. The molecule has 0 fully saturated rings. The smallest absolute Gasteiger partial charge is 0.339 e. The van der Waals surface area contributed by atoms with Crippen LogP contribution in [-0.2, 0) is 19.6 Å². The van der Waals surface area contributed by atoms with E-state index in [-0.39, 0.29) is 11.5 Å². The molecule has 1 atom stereocenters. The molecule has 0 heterocycles. The predicted octanol–water partition coefficient (Wildman–Crippen LogP) is 0.678. The van der Waals surface area contributed by atoms with E-state index >= 15 is 0 Å². The highest BCUT2D eigenvalue weighted by molar-refractivity contribution is 7.89. The first kappa shape index (κ1) is 18.4. The molecule has 0 spiro atoms. The second-order valence-corrected chi connectivity index (χ2v) is 6.49. The molecule has 8 heteroatoms. The third-order valence-corrected chi connectivity index (χ3v) is 4.18. The zero-order valence-electron chi connectivity index (χ0n) is 12.8. The molecule has 2 N–H and O–H groups in total. The molecule has 0 amide bonds. The Morgan fingerprint density at radius 1 is 1.23 bits per heavy atom. The number of sulfonamides is 1. The summed E-state index contributed by atoms with van der Waals surface area (Å²) in [5, 5.41) is 9.92. The number of aliphatic hydroxyl groups is 1. The van der Waals surface area contributed by atoms with Gasteiger partial charge in [0, 0.05) is 0 Å². The number of benzene rings is 1. The van der Waals surface area contributed by atoms with Crippen LogP contribution in [0, 0.1) is 0 Å². The second kappa shape index (κ2) is 7.57. The van der Waals surface area contributed by atoms with Crippen LogP contribution >= 0.6 is 0 Å². The van der Waals surface area contributed by atoms with E-state index in [4.69, 9.17) is 4.74 Å². The summed E-state index contributed by atoms with van der Waals surface area (Å²) >= 11 is 0. The second-order valence-electron chi connectivity index (χ2n) is 4.72. The topological polar surface area (TPSA) is 102 Å². The number of carbonyl (C=O) groups excluding carboxylic acids is 1. The van der Waals surface area contributed by atoms with Gasteiger partial charge >= 0.3 is 5.97 Å². The Kier molecular flexibility index (Phi) is 6.34. The largest absolute Gasteiger partial charge is 0.494 e. The maximum atomic E-state index is 12.1. The van der Waals surface area contributed by atoms with E-state index in [0.717, 1.165) is 0 Å². The highest BCUT2D eigenvalue weighted by Gasteiger charge is 2.33. The fourth-order valence-corrected chi connectivity index (χ4v) is 2.69. The van der Waals surface area contributed by atoms with Crippen molar-refractivity contribution in [1.29, 1.82) is 0 Å². The molecule has 0 saturated heterocycles. The molecule has 1 unspecified atom stereocenters. The summed E-state index contributed by atoms with van der Waals surface area (Å²) in [6, 6.07) is 5.82. The maximum Gasteiger partial charge on any atom is 0.339 e. The van der Waals surface area contributed by atoms with E-state index in [1.54, 1.807) is 6.92 Å². The average molecular weight is 331 g/mol. The average Bonchev–Trinajstić information content (AvgIpc) is 2.47. The summed E-state index contributed by atoms with van der Waals surface area (Å²) in [7, 11) is -3.85. The Labute approximate surface area is 130 Å². The van der Waals surface area contributed by atoms with Gasteiger partial charge in [0.1, 0.15) is 5.75 Å². The lowest BCUT2D eigenvalue weighted by atomic mass is 10.1. The van der Waals surface area contributed by atoms with Gasteiger partial charge in [0.2, 0.25) is 10.0 Å². The van der Waals surface area contributed by atoms with Crippen LogP contribution in [0.5, 0.6) is 5.75 Å². The lowest BCUT2D eigenvalue weighted by Crippen LogP contribution is -2.47. The summed E-state index contributed by atoms with van der Waals surface area (Å²) < 4.78 is 36.3. The van der Waals surface area contributed by atoms with Gasteiger partial charge in [-0.2, -0.15) is 0 Å². The van der Waals surface area contributed by atoms with Crippen LogP contribution in [0.15, 0.2) is 29.2 Å². The number of esters is 1. The first-order valence-electron chi connectivity index (χ1n) is 6.85. The summed E-state index contributed by atoms with van der Waals surface area (Å²) in [5.74, 6) is -0.329. The van der Waals surface area contributed by atoms with E-state index in [9.17, 15) is 18.3 Å². The Morgan fingerprint density at radius 2 is 1.82 bits per heavy atom. The Balaban J connectivity index is 2.77. The molecule has 0 aliphatic carbocycles. The molecular formula is C14H21NO6S. The van der Waals surface area contributed by atoms with E-state index in [1.165, 1.54) is 31.2 Å². The highest BCUT2D eigenvalue weighted by Crippen LogP contribution is 2.16. The zero-order valence-corrected chi connectivity index (χ0v) is 13.6. The molecule has 0 saturated carbocycles. The highest BCUT2D eigenvalue weighted by atomic mass is 32.2. The van der Waals surface area contributed by atoms with E-state index in [2.05, 4.69) is 9.46 Å². The van der Waals surface area contributed by atoms with E-state index < -0.39 is 28.1 Å². The summed E-state index contributed by atoms with van der Waals surface area (Å²) in [5.41, 5.74) is -1.94. The van der Waals surface area contributed by atoms with Gasteiger partial charge < -0.3 is 14.6 Å². The van der Waals surface area contributed by atoms with Crippen molar-refractivity contribution >= 4 is 16.0 Å². The maximum absolute atomic E-state index is 12.1. The summed E-state index contributed by atoms with van der Waals surface area (Å²) in [6.45, 7) is 4.70. The molecule has 1 aromatic rings. The normalized spacial score (nSPS) is 14.2.